The highest BCUT2D eigenvalue weighted by atomic mass is 16.3. The average molecular weight is 186 g/mol. The Kier molecular flexibility index (Phi) is 1.97. The molecule has 0 saturated carbocycles. The maximum Gasteiger partial charge on any atom is 0.153 e. The van der Waals surface area contributed by atoms with Gasteiger partial charge >= 0.3 is 0 Å². The van der Waals surface area contributed by atoms with Crippen molar-refractivity contribution in [1.82, 2.24) is 0 Å². The van der Waals surface area contributed by atoms with Crippen molar-refractivity contribution in [3.8, 4) is 5.75 Å². The first-order valence-corrected chi connectivity index (χ1v) is 4.40. The third-order valence-corrected chi connectivity index (χ3v) is 2.31. The molecule has 0 spiro atoms. The minimum absolute atomic E-state index is 0.0706. The summed E-state index contributed by atoms with van der Waals surface area (Å²) in [6, 6.07) is 9.23. The molecule has 0 aliphatic rings. The fourth-order valence-electron chi connectivity index (χ4n) is 1.53. The van der Waals surface area contributed by atoms with Crippen molar-refractivity contribution in [2.24, 2.45) is 0 Å². The molecule has 0 radical (unpaired) electrons. The van der Waals surface area contributed by atoms with Crippen LogP contribution in [0.2, 0.25) is 0 Å². The summed E-state index contributed by atoms with van der Waals surface area (Å²) in [6.45, 7) is 1.95. The van der Waals surface area contributed by atoms with E-state index in [9.17, 15) is 9.90 Å². The van der Waals surface area contributed by atoms with Crippen LogP contribution in [-0.4, -0.2) is 11.4 Å². The number of rotatable bonds is 1. The summed E-state index contributed by atoms with van der Waals surface area (Å²) < 4.78 is 0. The van der Waals surface area contributed by atoms with Gasteiger partial charge in [-0.2, -0.15) is 0 Å². The SMILES string of the molecule is Cc1ccc2ccc(C=O)c(O)c2c1. The van der Waals surface area contributed by atoms with Gasteiger partial charge in [0.25, 0.3) is 0 Å². The molecule has 2 aromatic rings. The summed E-state index contributed by atoms with van der Waals surface area (Å²) in [5.74, 6) is 0.0706. The van der Waals surface area contributed by atoms with E-state index in [1.54, 1.807) is 6.07 Å². The fourth-order valence-corrected chi connectivity index (χ4v) is 1.53. The van der Waals surface area contributed by atoms with Crippen LogP contribution in [0.1, 0.15) is 15.9 Å². The normalized spacial score (nSPS) is 10.4. The molecule has 2 nitrogen and oxygen atoms in total. The molecule has 0 atom stereocenters. The molecule has 0 fully saturated rings. The van der Waals surface area contributed by atoms with Gasteiger partial charge in [0, 0.05) is 5.39 Å². The first-order valence-electron chi connectivity index (χ1n) is 4.40. The molecule has 0 aliphatic carbocycles. The number of carbonyl (C=O) groups excluding carboxylic acids is 1. The van der Waals surface area contributed by atoms with Gasteiger partial charge < -0.3 is 5.11 Å². The van der Waals surface area contributed by atoms with Crippen molar-refractivity contribution < 1.29 is 9.90 Å². The van der Waals surface area contributed by atoms with Crippen molar-refractivity contribution in [3.05, 3.63) is 41.5 Å². The predicted octanol–water partition coefficient (Wildman–Crippen LogP) is 2.67. The van der Waals surface area contributed by atoms with Gasteiger partial charge in [-0.25, -0.2) is 0 Å². The standard InChI is InChI=1S/C12H10O2/c1-8-2-3-9-4-5-10(7-13)12(14)11(9)6-8/h2-7,14H,1H3. The van der Waals surface area contributed by atoms with Crippen molar-refractivity contribution in [2.75, 3.05) is 0 Å². The van der Waals surface area contributed by atoms with Gasteiger partial charge in [-0.15, -0.1) is 0 Å². The van der Waals surface area contributed by atoms with E-state index >= 15 is 0 Å². The van der Waals surface area contributed by atoms with E-state index in [4.69, 9.17) is 0 Å². The summed E-state index contributed by atoms with van der Waals surface area (Å²) in [5.41, 5.74) is 1.40. The number of fused-ring (bicyclic) bond motifs is 1. The minimum Gasteiger partial charge on any atom is -0.507 e. The Morgan fingerprint density at radius 1 is 1.21 bits per heavy atom. The molecular formula is C12H10O2. The Bertz CT molecular complexity index is 501. The highest BCUT2D eigenvalue weighted by molar-refractivity contribution is 5.96. The number of aryl methyl sites for hydroxylation is 1. The first-order chi connectivity index (χ1) is 6.72. The molecule has 0 aliphatic heterocycles. The Morgan fingerprint density at radius 3 is 2.64 bits per heavy atom. The lowest BCUT2D eigenvalue weighted by molar-refractivity contribution is 0.112. The van der Waals surface area contributed by atoms with Crippen LogP contribution in [0, 0.1) is 6.92 Å². The van der Waals surface area contributed by atoms with E-state index in [2.05, 4.69) is 0 Å². The maximum absolute atomic E-state index is 10.6. The van der Waals surface area contributed by atoms with Crippen LogP contribution >= 0.6 is 0 Å². The summed E-state index contributed by atoms with van der Waals surface area (Å²) in [5, 5.41) is 11.4. The predicted molar refractivity (Wildman–Crippen MR) is 55.7 cm³/mol. The van der Waals surface area contributed by atoms with Crippen LogP contribution in [0.5, 0.6) is 5.75 Å². The third kappa shape index (κ3) is 1.25. The topological polar surface area (TPSA) is 37.3 Å². The lowest BCUT2D eigenvalue weighted by atomic mass is 10.0. The second-order valence-electron chi connectivity index (χ2n) is 3.35. The van der Waals surface area contributed by atoms with Gasteiger partial charge in [0.1, 0.15) is 5.75 Å². The number of hydrogen-bond acceptors (Lipinski definition) is 2. The van der Waals surface area contributed by atoms with Gasteiger partial charge in [-0.1, -0.05) is 23.8 Å². The first kappa shape index (κ1) is 8.75. The van der Waals surface area contributed by atoms with Crippen LogP contribution in [0.3, 0.4) is 0 Å². The number of benzene rings is 2. The van der Waals surface area contributed by atoms with E-state index in [0.29, 0.717) is 11.8 Å². The van der Waals surface area contributed by atoms with E-state index in [-0.39, 0.29) is 5.75 Å². The van der Waals surface area contributed by atoms with Crippen LogP contribution < -0.4 is 0 Å². The average Bonchev–Trinajstić information content (AvgIpc) is 2.20. The highest BCUT2D eigenvalue weighted by Gasteiger charge is 2.04. The van der Waals surface area contributed by atoms with Crippen LogP contribution in [-0.2, 0) is 0 Å². The zero-order valence-electron chi connectivity index (χ0n) is 7.82. The van der Waals surface area contributed by atoms with Gasteiger partial charge in [0.2, 0.25) is 0 Å². The molecule has 0 bridgehead atoms. The second-order valence-corrected chi connectivity index (χ2v) is 3.35. The number of phenolic OH excluding ortho intramolecular Hbond substituents is 1. The van der Waals surface area contributed by atoms with Crippen LogP contribution in [0.25, 0.3) is 10.8 Å². The molecule has 0 amide bonds. The van der Waals surface area contributed by atoms with Crippen molar-refractivity contribution in [2.45, 2.75) is 6.92 Å². The Balaban J connectivity index is 2.86. The van der Waals surface area contributed by atoms with Crippen molar-refractivity contribution in [1.29, 1.82) is 0 Å². The smallest absolute Gasteiger partial charge is 0.153 e. The minimum atomic E-state index is 0.0706. The molecule has 2 heteroatoms. The van der Waals surface area contributed by atoms with Gasteiger partial charge in [0.15, 0.2) is 6.29 Å². The maximum atomic E-state index is 10.6. The van der Waals surface area contributed by atoms with E-state index in [1.165, 1.54) is 0 Å². The zero-order valence-corrected chi connectivity index (χ0v) is 7.82. The monoisotopic (exact) mass is 186 g/mol. The molecule has 0 heterocycles. The van der Waals surface area contributed by atoms with Crippen molar-refractivity contribution in [3.63, 3.8) is 0 Å². The molecule has 0 unspecified atom stereocenters. The quantitative estimate of drug-likeness (QED) is 0.695. The number of aldehydes is 1. The summed E-state index contributed by atoms with van der Waals surface area (Å²) in [6.07, 6.45) is 0.664. The number of aromatic hydroxyl groups is 1. The third-order valence-electron chi connectivity index (χ3n) is 2.31. The summed E-state index contributed by atoms with van der Waals surface area (Å²) in [4.78, 5) is 10.6. The number of phenols is 1. The number of carbonyl (C=O) groups is 1. The van der Waals surface area contributed by atoms with E-state index in [1.807, 2.05) is 31.2 Å². The summed E-state index contributed by atoms with van der Waals surface area (Å²) >= 11 is 0. The second kappa shape index (κ2) is 3.14. The highest BCUT2D eigenvalue weighted by Crippen LogP contribution is 2.28. The van der Waals surface area contributed by atoms with E-state index in [0.717, 1.165) is 16.3 Å². The lowest BCUT2D eigenvalue weighted by Gasteiger charge is -2.03. The van der Waals surface area contributed by atoms with Crippen molar-refractivity contribution >= 4 is 17.1 Å². The van der Waals surface area contributed by atoms with Crippen LogP contribution in [0.4, 0.5) is 0 Å². The Hall–Kier alpha value is -1.83. The van der Waals surface area contributed by atoms with E-state index < -0.39 is 0 Å². The Labute approximate surface area is 81.8 Å². The Morgan fingerprint density at radius 2 is 1.93 bits per heavy atom. The van der Waals surface area contributed by atoms with Gasteiger partial charge in [-0.3, -0.25) is 4.79 Å². The summed E-state index contributed by atoms with van der Waals surface area (Å²) in [7, 11) is 0. The molecule has 0 saturated heterocycles. The molecule has 1 N–H and O–H groups in total. The zero-order chi connectivity index (χ0) is 10.1. The number of hydrogen-bond donors (Lipinski definition) is 1. The molecule has 2 aromatic carbocycles. The molecule has 0 aromatic heterocycles. The molecule has 70 valence electrons. The largest absolute Gasteiger partial charge is 0.507 e. The van der Waals surface area contributed by atoms with Crippen LogP contribution in [0.15, 0.2) is 30.3 Å². The van der Waals surface area contributed by atoms with Gasteiger partial charge in [0.05, 0.1) is 5.56 Å². The van der Waals surface area contributed by atoms with Gasteiger partial charge in [-0.05, 0) is 24.4 Å². The lowest BCUT2D eigenvalue weighted by Crippen LogP contribution is -1.83. The molecular weight excluding hydrogens is 176 g/mol. The molecule has 2 rings (SSSR count). The molecule has 14 heavy (non-hydrogen) atoms. The fraction of sp³-hybridized carbons (Fsp3) is 0.0833.